The van der Waals surface area contributed by atoms with Crippen LogP contribution >= 0.6 is 0 Å². The summed E-state index contributed by atoms with van der Waals surface area (Å²) < 4.78 is 113. The van der Waals surface area contributed by atoms with Crippen LogP contribution in [0.2, 0.25) is 0 Å². The number of hydrogen-bond donors (Lipinski definition) is 0. The average molecular weight is 444 g/mol. The Morgan fingerprint density at radius 1 is 1.11 bits per heavy atom. The summed E-state index contributed by atoms with van der Waals surface area (Å²) in [5.74, 6) is 1.23. The van der Waals surface area contributed by atoms with Gasteiger partial charge in [0, 0.05) is 13.3 Å². The van der Waals surface area contributed by atoms with E-state index in [0.717, 1.165) is 17.1 Å². The molecular weight excluding hydrogens is 430 g/mol. The summed E-state index contributed by atoms with van der Waals surface area (Å²) in [5, 5.41) is 8.35. The number of rotatable bonds is 5. The van der Waals surface area contributed by atoms with Crippen molar-refractivity contribution in [2.24, 2.45) is 7.05 Å². The lowest BCUT2D eigenvalue weighted by atomic mass is 10.3. The molecule has 0 N–H and O–H groups in total. The molecule has 0 aliphatic carbocycles. The Labute approximate surface area is 151 Å². The van der Waals surface area contributed by atoms with E-state index in [1.807, 2.05) is 19.4 Å². The van der Waals surface area contributed by atoms with Gasteiger partial charge in [-0.25, -0.2) is 26.0 Å². The molecule has 0 radical (unpaired) electrons. The van der Waals surface area contributed by atoms with E-state index in [9.17, 15) is 43.2 Å². The van der Waals surface area contributed by atoms with Gasteiger partial charge in [-0.3, -0.25) is 0 Å². The molecule has 0 saturated heterocycles. The highest BCUT2D eigenvalue weighted by molar-refractivity contribution is 8.13. The highest BCUT2D eigenvalue weighted by Gasteiger charge is 2.46. The fraction of sp³-hybridized carbons (Fsp3) is 0.636. The zero-order valence-corrected chi connectivity index (χ0v) is 15.4. The number of hydrogen-bond acceptors (Lipinski definition) is 5. The number of sulfonamides is 2. The monoisotopic (exact) mass is 444 g/mol. The molecule has 0 fully saturated rings. The summed E-state index contributed by atoms with van der Waals surface area (Å²) in [6, 6.07) is 2.14. The zero-order valence-electron chi connectivity index (χ0n) is 13.8. The van der Waals surface area contributed by atoms with Crippen molar-refractivity contribution >= 4 is 20.0 Å². The molecule has 0 unspecified atom stereocenters. The largest absolute Gasteiger partial charge is 0.480 e. The van der Waals surface area contributed by atoms with E-state index in [4.69, 9.17) is 5.26 Å². The summed E-state index contributed by atoms with van der Waals surface area (Å²) in [7, 11) is -11.4. The predicted molar refractivity (Wildman–Crippen MR) is 78.5 cm³/mol. The summed E-state index contributed by atoms with van der Waals surface area (Å²) in [5.41, 5.74) is -12.4. The lowest BCUT2D eigenvalue weighted by molar-refractivity contribution is -0.677. The molecular formula is C11H14F6N4O4S2. The Morgan fingerprint density at radius 2 is 1.56 bits per heavy atom. The van der Waals surface area contributed by atoms with E-state index in [2.05, 4.69) is 22.1 Å². The normalized spacial score (nSPS) is 12.9. The third kappa shape index (κ3) is 7.34. The van der Waals surface area contributed by atoms with Crippen LogP contribution < -0.4 is 4.57 Å². The highest BCUT2D eigenvalue weighted by Crippen LogP contribution is 2.36. The molecule has 0 atom stereocenters. The molecule has 0 amide bonds. The quantitative estimate of drug-likeness (QED) is 0.391. The van der Waals surface area contributed by atoms with Gasteiger partial charge in [-0.15, -0.1) is 0 Å². The van der Waals surface area contributed by atoms with Crippen molar-refractivity contribution in [1.29, 1.82) is 5.26 Å². The zero-order chi connectivity index (χ0) is 21.7. The second-order valence-corrected chi connectivity index (χ2v) is 8.25. The number of nitrogens with zero attached hydrogens (tertiary/aromatic N) is 4. The molecule has 156 valence electrons. The Morgan fingerprint density at radius 3 is 1.85 bits per heavy atom. The van der Waals surface area contributed by atoms with Gasteiger partial charge in [0.25, 0.3) is 5.82 Å². The molecule has 1 rings (SSSR count). The minimum absolute atomic E-state index is 0.640. The molecule has 0 saturated carbocycles. The molecule has 27 heavy (non-hydrogen) atoms. The van der Waals surface area contributed by atoms with Gasteiger partial charge < -0.3 is 4.13 Å². The number of aryl methyl sites for hydroxylation is 2. The summed E-state index contributed by atoms with van der Waals surface area (Å²) >= 11 is 0. The maximum absolute atomic E-state index is 11.4. The first-order chi connectivity index (χ1) is 12.0. The predicted octanol–water partition coefficient (Wildman–Crippen LogP) is 1.98. The maximum Gasteiger partial charge on any atom is 0.480 e. The molecule has 1 aromatic heterocycles. The van der Waals surface area contributed by atoms with Crippen LogP contribution in [0.3, 0.4) is 0 Å². The van der Waals surface area contributed by atoms with E-state index in [1.54, 1.807) is 0 Å². The number of alkyl halides is 6. The molecule has 0 aliphatic rings. The van der Waals surface area contributed by atoms with Gasteiger partial charge >= 0.3 is 11.0 Å². The third-order valence-corrected chi connectivity index (χ3v) is 5.61. The molecule has 8 nitrogen and oxygen atoms in total. The van der Waals surface area contributed by atoms with Gasteiger partial charge in [-0.05, 0) is 6.42 Å². The number of nitriles is 1. The smallest absolute Gasteiger partial charge is 0.421 e. The number of halogens is 6. The Kier molecular flexibility index (Phi) is 8.27. The molecule has 0 aromatic carbocycles. The third-order valence-electron chi connectivity index (χ3n) is 2.87. The first-order valence-corrected chi connectivity index (χ1v) is 9.59. The van der Waals surface area contributed by atoms with Crippen molar-refractivity contribution in [3.05, 3.63) is 22.3 Å². The fourth-order valence-electron chi connectivity index (χ4n) is 1.38. The van der Waals surface area contributed by atoms with Gasteiger partial charge in [0.05, 0.1) is 19.7 Å². The first-order valence-electron chi connectivity index (χ1n) is 6.71. The van der Waals surface area contributed by atoms with Crippen molar-refractivity contribution in [3.8, 4) is 6.07 Å². The summed E-state index contributed by atoms with van der Waals surface area (Å²) in [6.07, 6.45) is 5.65. The van der Waals surface area contributed by atoms with Crippen LogP contribution in [0.4, 0.5) is 26.3 Å². The standard InChI is InChI=1S/C9H14N3.C2F6NO4S2/c1-9-11(2)7-8-12(9)6-4-3-5-10;3-1(4,5)14(10,11)9-15(12,13)2(6,7)8/h7-8H,3-4,6H2,1-2H3;/q+1;-1. The lowest BCUT2D eigenvalue weighted by Crippen LogP contribution is -2.30. The van der Waals surface area contributed by atoms with Crippen molar-refractivity contribution < 1.29 is 47.7 Å². The number of aromatic nitrogens is 2. The van der Waals surface area contributed by atoms with E-state index < -0.39 is 31.1 Å². The second-order valence-electron chi connectivity index (χ2n) is 4.83. The first kappa shape index (κ1) is 25.1. The van der Waals surface area contributed by atoms with Gasteiger partial charge in [0.2, 0.25) is 0 Å². The number of unbranched alkanes of at least 4 members (excludes halogenated alkanes) is 1. The Bertz CT molecular complexity index is 839. The minimum atomic E-state index is -6.72. The van der Waals surface area contributed by atoms with Crippen molar-refractivity contribution in [1.82, 2.24) is 4.57 Å². The van der Waals surface area contributed by atoms with Gasteiger partial charge in [0.15, 0.2) is 20.0 Å². The summed E-state index contributed by atoms with van der Waals surface area (Å²) in [6.45, 7) is 3.02. The lowest BCUT2D eigenvalue weighted by Gasteiger charge is -2.22. The van der Waals surface area contributed by atoms with Crippen LogP contribution in [0.25, 0.3) is 4.13 Å². The van der Waals surface area contributed by atoms with Crippen LogP contribution in [0, 0.1) is 18.3 Å². The van der Waals surface area contributed by atoms with Crippen molar-refractivity contribution in [3.63, 3.8) is 0 Å². The van der Waals surface area contributed by atoms with Crippen LogP contribution in [-0.4, -0.2) is 32.4 Å². The van der Waals surface area contributed by atoms with E-state index in [0.29, 0.717) is 6.42 Å². The van der Waals surface area contributed by atoms with Crippen LogP contribution in [0.1, 0.15) is 18.7 Å². The molecule has 1 heterocycles. The summed E-state index contributed by atoms with van der Waals surface area (Å²) in [4.78, 5) is 0. The van der Waals surface area contributed by atoms with Gasteiger partial charge in [-0.1, -0.05) is 0 Å². The maximum atomic E-state index is 11.4. The highest BCUT2D eigenvalue weighted by atomic mass is 32.3. The van der Waals surface area contributed by atoms with E-state index >= 15 is 0 Å². The SMILES string of the molecule is Cc1n(CCCC#N)cc[n+]1C.O=S(=O)([N-]S(=O)(=O)C(F)(F)F)C(F)(F)F. The number of imidazole rings is 1. The molecule has 0 spiro atoms. The molecule has 0 bridgehead atoms. The topological polar surface area (TPSA) is 115 Å². The van der Waals surface area contributed by atoms with Gasteiger partial charge in [0.1, 0.15) is 12.4 Å². The molecule has 0 aliphatic heterocycles. The molecule has 1 aromatic rings. The fourth-order valence-corrected chi connectivity index (χ4v) is 3.09. The van der Waals surface area contributed by atoms with Gasteiger partial charge in [-0.2, -0.15) is 31.6 Å². The molecule has 16 heteroatoms. The Balaban J connectivity index is 0.000000511. The van der Waals surface area contributed by atoms with E-state index in [-0.39, 0.29) is 0 Å². The minimum Gasteiger partial charge on any atom is -0.421 e. The average Bonchev–Trinajstić information content (AvgIpc) is 2.77. The van der Waals surface area contributed by atoms with Crippen molar-refractivity contribution in [2.75, 3.05) is 0 Å². The van der Waals surface area contributed by atoms with Crippen LogP contribution in [0.15, 0.2) is 12.4 Å². The van der Waals surface area contributed by atoms with Crippen LogP contribution in [0.5, 0.6) is 0 Å². The van der Waals surface area contributed by atoms with Crippen LogP contribution in [-0.2, 0) is 33.6 Å². The van der Waals surface area contributed by atoms with E-state index in [1.165, 1.54) is 5.82 Å². The van der Waals surface area contributed by atoms with Crippen molar-refractivity contribution in [2.45, 2.75) is 37.3 Å². The second kappa shape index (κ2) is 8.89. The Hall–Kier alpha value is -1.86.